The average Bonchev–Trinajstić information content (AvgIpc) is 2.21. The Bertz CT molecular complexity index is 418. The largest absolute Gasteiger partial charge is 0.481 e. The fourth-order valence-corrected chi connectivity index (χ4v) is 1.39. The number of carbonyl (C=O) groups is 2. The lowest BCUT2D eigenvalue weighted by atomic mass is 10.1. The van der Waals surface area contributed by atoms with E-state index in [1.54, 1.807) is 25.1 Å². The predicted octanol–water partition coefficient (Wildman–Crippen LogP) is 1.85. The zero-order valence-electron chi connectivity index (χ0n) is 8.79. The van der Waals surface area contributed by atoms with Gasteiger partial charge in [0, 0.05) is 17.1 Å². The predicted molar refractivity (Wildman–Crippen MR) is 60.8 cm³/mol. The van der Waals surface area contributed by atoms with Gasteiger partial charge < -0.3 is 10.4 Å². The van der Waals surface area contributed by atoms with E-state index >= 15 is 0 Å². The molecule has 86 valence electrons. The Balaban J connectivity index is 2.65. The van der Waals surface area contributed by atoms with Gasteiger partial charge in [0.05, 0.1) is 6.42 Å². The van der Waals surface area contributed by atoms with Crippen molar-refractivity contribution in [3.8, 4) is 0 Å². The normalized spacial score (nSPS) is 9.88. The molecule has 16 heavy (non-hydrogen) atoms. The van der Waals surface area contributed by atoms with Crippen molar-refractivity contribution in [1.82, 2.24) is 5.32 Å². The van der Waals surface area contributed by atoms with Crippen LogP contribution in [0.2, 0.25) is 5.02 Å². The summed E-state index contributed by atoms with van der Waals surface area (Å²) >= 11 is 5.77. The molecule has 0 unspecified atom stereocenters. The smallest absolute Gasteiger partial charge is 0.305 e. The molecule has 5 heteroatoms. The first-order valence-electron chi connectivity index (χ1n) is 4.77. The van der Waals surface area contributed by atoms with Crippen LogP contribution in [0.5, 0.6) is 0 Å². The number of carboxylic acids is 1. The van der Waals surface area contributed by atoms with E-state index < -0.39 is 5.97 Å². The van der Waals surface area contributed by atoms with Gasteiger partial charge in [-0.1, -0.05) is 17.7 Å². The zero-order valence-corrected chi connectivity index (χ0v) is 9.54. The molecule has 4 nitrogen and oxygen atoms in total. The van der Waals surface area contributed by atoms with Gasteiger partial charge in [-0.2, -0.15) is 0 Å². The highest BCUT2D eigenvalue weighted by molar-refractivity contribution is 6.31. The highest BCUT2D eigenvalue weighted by Crippen LogP contribution is 2.15. The molecule has 0 spiro atoms. The van der Waals surface area contributed by atoms with E-state index in [4.69, 9.17) is 16.7 Å². The lowest BCUT2D eigenvalue weighted by Crippen LogP contribution is -2.26. The molecule has 0 bridgehead atoms. The second-order valence-corrected chi connectivity index (χ2v) is 3.80. The quantitative estimate of drug-likeness (QED) is 0.846. The van der Waals surface area contributed by atoms with Gasteiger partial charge in [-0.3, -0.25) is 9.59 Å². The number of carbonyl (C=O) groups excluding carboxylic acids is 1. The standard InChI is InChI=1S/C11H12ClNO3/c1-7-2-3-8(12)6-9(7)11(16)13-5-4-10(14)15/h2-3,6H,4-5H2,1H3,(H,13,16)(H,14,15). The van der Waals surface area contributed by atoms with Gasteiger partial charge in [-0.05, 0) is 24.6 Å². The number of rotatable bonds is 4. The summed E-state index contributed by atoms with van der Waals surface area (Å²) in [5.41, 5.74) is 1.27. The first kappa shape index (κ1) is 12.5. The van der Waals surface area contributed by atoms with E-state index in [0.29, 0.717) is 10.6 Å². The molecule has 0 aliphatic carbocycles. The van der Waals surface area contributed by atoms with E-state index in [-0.39, 0.29) is 18.9 Å². The topological polar surface area (TPSA) is 66.4 Å². The van der Waals surface area contributed by atoms with E-state index in [1.807, 2.05) is 0 Å². The van der Waals surface area contributed by atoms with Crippen LogP contribution in [0, 0.1) is 6.92 Å². The highest BCUT2D eigenvalue weighted by atomic mass is 35.5. The van der Waals surface area contributed by atoms with Crippen molar-refractivity contribution in [3.63, 3.8) is 0 Å². The third-order valence-corrected chi connectivity index (χ3v) is 2.30. The molecular weight excluding hydrogens is 230 g/mol. The van der Waals surface area contributed by atoms with Gasteiger partial charge in [-0.15, -0.1) is 0 Å². The van der Waals surface area contributed by atoms with Crippen LogP contribution in [0.1, 0.15) is 22.3 Å². The second-order valence-electron chi connectivity index (χ2n) is 3.36. The molecule has 0 fully saturated rings. The molecule has 1 aromatic rings. The van der Waals surface area contributed by atoms with Gasteiger partial charge in [-0.25, -0.2) is 0 Å². The van der Waals surface area contributed by atoms with Gasteiger partial charge in [0.15, 0.2) is 0 Å². The second kappa shape index (κ2) is 5.51. The van der Waals surface area contributed by atoms with Crippen LogP contribution in [0.3, 0.4) is 0 Å². The number of hydrogen-bond acceptors (Lipinski definition) is 2. The molecule has 1 aromatic carbocycles. The Morgan fingerprint density at radius 2 is 2.12 bits per heavy atom. The third-order valence-electron chi connectivity index (χ3n) is 2.07. The van der Waals surface area contributed by atoms with Crippen molar-refractivity contribution in [2.45, 2.75) is 13.3 Å². The summed E-state index contributed by atoms with van der Waals surface area (Å²) in [4.78, 5) is 21.9. The average molecular weight is 242 g/mol. The molecule has 0 aromatic heterocycles. The van der Waals surface area contributed by atoms with Crippen molar-refractivity contribution in [3.05, 3.63) is 34.3 Å². The number of benzene rings is 1. The van der Waals surface area contributed by atoms with E-state index in [0.717, 1.165) is 5.56 Å². The Morgan fingerprint density at radius 1 is 1.44 bits per heavy atom. The molecular formula is C11H12ClNO3. The molecule has 0 saturated heterocycles. The van der Waals surface area contributed by atoms with Crippen molar-refractivity contribution in [2.24, 2.45) is 0 Å². The number of nitrogens with one attached hydrogen (secondary N) is 1. The molecule has 1 rings (SSSR count). The Hall–Kier alpha value is -1.55. The minimum absolute atomic E-state index is 0.0919. The van der Waals surface area contributed by atoms with Crippen LogP contribution >= 0.6 is 11.6 Å². The van der Waals surface area contributed by atoms with Gasteiger partial charge in [0.25, 0.3) is 5.91 Å². The van der Waals surface area contributed by atoms with E-state index in [1.165, 1.54) is 0 Å². The maximum Gasteiger partial charge on any atom is 0.305 e. The van der Waals surface area contributed by atoms with Gasteiger partial charge >= 0.3 is 5.97 Å². The van der Waals surface area contributed by atoms with E-state index in [2.05, 4.69) is 5.32 Å². The number of aliphatic carboxylic acids is 1. The third kappa shape index (κ3) is 3.55. The number of hydrogen-bond donors (Lipinski definition) is 2. The Morgan fingerprint density at radius 3 is 2.75 bits per heavy atom. The van der Waals surface area contributed by atoms with Gasteiger partial charge in [0.1, 0.15) is 0 Å². The minimum atomic E-state index is -0.942. The lowest BCUT2D eigenvalue weighted by Gasteiger charge is -2.06. The summed E-state index contributed by atoms with van der Waals surface area (Å²) in [6.45, 7) is 1.91. The molecule has 0 saturated carbocycles. The van der Waals surface area contributed by atoms with Crippen LogP contribution in [-0.2, 0) is 4.79 Å². The molecule has 0 heterocycles. The van der Waals surface area contributed by atoms with Crippen LogP contribution in [0.4, 0.5) is 0 Å². The van der Waals surface area contributed by atoms with Crippen LogP contribution < -0.4 is 5.32 Å². The highest BCUT2D eigenvalue weighted by Gasteiger charge is 2.09. The van der Waals surface area contributed by atoms with Crippen LogP contribution in [0.15, 0.2) is 18.2 Å². The summed E-state index contributed by atoms with van der Waals surface area (Å²) in [7, 11) is 0. The molecule has 0 aliphatic heterocycles. The summed E-state index contributed by atoms with van der Waals surface area (Å²) < 4.78 is 0. The molecule has 1 amide bonds. The molecule has 0 aliphatic rings. The fourth-order valence-electron chi connectivity index (χ4n) is 1.22. The minimum Gasteiger partial charge on any atom is -0.481 e. The summed E-state index contributed by atoms with van der Waals surface area (Å²) in [5.74, 6) is -1.25. The van der Waals surface area contributed by atoms with Crippen molar-refractivity contribution < 1.29 is 14.7 Å². The van der Waals surface area contributed by atoms with Crippen LogP contribution in [-0.4, -0.2) is 23.5 Å². The first-order chi connectivity index (χ1) is 7.50. The Labute approximate surface area is 98.2 Å². The number of halogens is 1. The summed E-state index contributed by atoms with van der Waals surface area (Å²) in [5, 5.41) is 11.4. The first-order valence-corrected chi connectivity index (χ1v) is 5.14. The van der Waals surface area contributed by atoms with Crippen molar-refractivity contribution in [2.75, 3.05) is 6.54 Å². The number of aryl methyl sites for hydroxylation is 1. The molecule has 0 atom stereocenters. The maximum absolute atomic E-state index is 11.6. The van der Waals surface area contributed by atoms with Crippen LogP contribution in [0.25, 0.3) is 0 Å². The summed E-state index contributed by atoms with van der Waals surface area (Å²) in [6.07, 6.45) is -0.0919. The Kier molecular flexibility index (Phi) is 4.31. The van der Waals surface area contributed by atoms with Gasteiger partial charge in [0.2, 0.25) is 0 Å². The molecule has 2 N–H and O–H groups in total. The maximum atomic E-state index is 11.6. The number of amides is 1. The SMILES string of the molecule is Cc1ccc(Cl)cc1C(=O)NCCC(=O)O. The fraction of sp³-hybridized carbons (Fsp3) is 0.273. The monoisotopic (exact) mass is 241 g/mol. The van der Waals surface area contributed by atoms with Crippen molar-refractivity contribution >= 4 is 23.5 Å². The van der Waals surface area contributed by atoms with E-state index in [9.17, 15) is 9.59 Å². The lowest BCUT2D eigenvalue weighted by molar-refractivity contribution is -0.136. The number of carboxylic acid groups (broad SMARTS) is 1. The zero-order chi connectivity index (χ0) is 12.1. The summed E-state index contributed by atoms with van der Waals surface area (Å²) in [6, 6.07) is 5.01. The van der Waals surface area contributed by atoms with Crippen molar-refractivity contribution in [1.29, 1.82) is 0 Å². The molecule has 0 radical (unpaired) electrons.